The van der Waals surface area contributed by atoms with Crippen molar-refractivity contribution >= 4 is 6.21 Å². The van der Waals surface area contributed by atoms with E-state index in [0.717, 1.165) is 6.42 Å². The van der Waals surface area contributed by atoms with Crippen molar-refractivity contribution in [2.24, 2.45) is 5.10 Å². The highest BCUT2D eigenvalue weighted by Gasteiger charge is 2.09. The number of hydrogen-bond acceptors (Lipinski definition) is 2. The second-order valence-corrected chi connectivity index (χ2v) is 3.30. The molecule has 0 aromatic rings. The largest absolute Gasteiger partial charge is 0.282 e. The van der Waals surface area contributed by atoms with Crippen LogP contribution in [0.2, 0.25) is 0 Å². The molecule has 0 aromatic carbocycles. The van der Waals surface area contributed by atoms with E-state index in [0.29, 0.717) is 0 Å². The number of allylic oxidation sites excluding steroid dienone is 5. The van der Waals surface area contributed by atoms with E-state index >= 15 is 0 Å². The number of hydrogen-bond donors (Lipinski definition) is 1. The molecule has 12 heavy (non-hydrogen) atoms. The molecule has 2 rings (SSSR count). The fourth-order valence-corrected chi connectivity index (χ4v) is 1.44. The first-order valence-electron chi connectivity index (χ1n) is 4.13. The number of hydrazone groups is 1. The van der Waals surface area contributed by atoms with Gasteiger partial charge in [-0.1, -0.05) is 6.08 Å². The summed E-state index contributed by atoms with van der Waals surface area (Å²) in [5.74, 6) is 0. The molecule has 0 radical (unpaired) electrons. The minimum atomic E-state index is 0.984. The molecule has 0 atom stereocenters. The van der Waals surface area contributed by atoms with Gasteiger partial charge in [-0.3, -0.25) is 5.43 Å². The molecule has 0 unspecified atom stereocenters. The molecule has 1 N–H and O–H groups in total. The summed E-state index contributed by atoms with van der Waals surface area (Å²) in [6.07, 6.45) is 7.23. The number of rotatable bonds is 0. The van der Waals surface area contributed by atoms with Gasteiger partial charge in [-0.05, 0) is 36.6 Å². The Morgan fingerprint density at radius 1 is 1.25 bits per heavy atom. The Kier molecular flexibility index (Phi) is 1.61. The molecule has 1 aliphatic carbocycles. The van der Waals surface area contributed by atoms with E-state index in [4.69, 9.17) is 0 Å². The standard InChI is InChI=1S/C10H12N2/c1-7-3-9-5-10(4-8(7)2)12-11-6-9/h3-4,6,12H,5H2,1-2H3. The van der Waals surface area contributed by atoms with Crippen LogP contribution >= 0.6 is 0 Å². The Morgan fingerprint density at radius 3 is 2.83 bits per heavy atom. The van der Waals surface area contributed by atoms with Crippen LogP contribution in [0.3, 0.4) is 0 Å². The zero-order valence-electron chi connectivity index (χ0n) is 7.39. The van der Waals surface area contributed by atoms with Crippen LogP contribution in [0.5, 0.6) is 0 Å². The van der Waals surface area contributed by atoms with Crippen molar-refractivity contribution in [1.29, 1.82) is 0 Å². The van der Waals surface area contributed by atoms with Gasteiger partial charge in [0.05, 0.1) is 6.21 Å². The highest BCUT2D eigenvalue weighted by molar-refractivity contribution is 5.81. The highest BCUT2D eigenvalue weighted by atomic mass is 15.3. The molecule has 2 aliphatic rings. The Labute approximate surface area is 72.4 Å². The Bertz CT molecular complexity index is 330. The fraction of sp³-hybridized carbons (Fsp3) is 0.300. The van der Waals surface area contributed by atoms with E-state index in [1.807, 2.05) is 6.21 Å². The zero-order valence-corrected chi connectivity index (χ0v) is 7.39. The maximum absolute atomic E-state index is 4.05. The zero-order chi connectivity index (χ0) is 8.55. The summed E-state index contributed by atoms with van der Waals surface area (Å²) in [5, 5.41) is 4.05. The molecule has 2 bridgehead atoms. The van der Waals surface area contributed by atoms with Crippen LogP contribution < -0.4 is 5.43 Å². The summed E-state index contributed by atoms with van der Waals surface area (Å²) in [6.45, 7) is 4.26. The molecule has 2 nitrogen and oxygen atoms in total. The first-order chi connectivity index (χ1) is 5.75. The molecule has 0 saturated heterocycles. The molecule has 0 aromatic heterocycles. The second-order valence-electron chi connectivity index (χ2n) is 3.30. The minimum Gasteiger partial charge on any atom is -0.282 e. The molecular formula is C10H12N2. The van der Waals surface area contributed by atoms with Crippen molar-refractivity contribution in [2.45, 2.75) is 20.3 Å². The summed E-state index contributed by atoms with van der Waals surface area (Å²) in [5.41, 5.74) is 8.12. The van der Waals surface area contributed by atoms with Crippen molar-refractivity contribution in [3.05, 3.63) is 34.6 Å². The average Bonchev–Trinajstić information content (AvgIpc) is 2.11. The van der Waals surface area contributed by atoms with Gasteiger partial charge in [-0.15, -0.1) is 0 Å². The minimum absolute atomic E-state index is 0.984. The van der Waals surface area contributed by atoms with Gasteiger partial charge in [-0.25, -0.2) is 0 Å². The van der Waals surface area contributed by atoms with E-state index < -0.39 is 0 Å². The van der Waals surface area contributed by atoms with Crippen LogP contribution in [0.15, 0.2) is 39.7 Å². The van der Waals surface area contributed by atoms with E-state index in [-0.39, 0.29) is 0 Å². The topological polar surface area (TPSA) is 24.4 Å². The van der Waals surface area contributed by atoms with Crippen molar-refractivity contribution in [3.8, 4) is 0 Å². The van der Waals surface area contributed by atoms with E-state index in [1.165, 1.54) is 22.4 Å². The van der Waals surface area contributed by atoms with Gasteiger partial charge < -0.3 is 0 Å². The summed E-state index contributed by atoms with van der Waals surface area (Å²) in [4.78, 5) is 0. The van der Waals surface area contributed by atoms with Gasteiger partial charge in [0.15, 0.2) is 0 Å². The molecule has 62 valence electrons. The van der Waals surface area contributed by atoms with E-state index in [9.17, 15) is 0 Å². The van der Waals surface area contributed by atoms with Gasteiger partial charge in [0.25, 0.3) is 0 Å². The first kappa shape index (κ1) is 7.35. The first-order valence-corrected chi connectivity index (χ1v) is 4.13. The van der Waals surface area contributed by atoms with Crippen LogP contribution in [-0.2, 0) is 0 Å². The third-order valence-electron chi connectivity index (χ3n) is 2.25. The monoisotopic (exact) mass is 160 g/mol. The van der Waals surface area contributed by atoms with Gasteiger partial charge >= 0.3 is 0 Å². The maximum atomic E-state index is 4.05. The normalized spacial score (nSPS) is 21.2. The Morgan fingerprint density at radius 2 is 2.00 bits per heavy atom. The lowest BCUT2D eigenvalue weighted by molar-refractivity contribution is 0.830. The van der Waals surface area contributed by atoms with Crippen LogP contribution in [0.25, 0.3) is 0 Å². The van der Waals surface area contributed by atoms with Gasteiger partial charge in [-0.2, -0.15) is 5.10 Å². The number of nitrogens with zero attached hydrogens (tertiary/aromatic N) is 1. The van der Waals surface area contributed by atoms with E-state index in [1.54, 1.807) is 0 Å². The van der Waals surface area contributed by atoms with E-state index in [2.05, 4.69) is 36.5 Å². The molecule has 1 aliphatic heterocycles. The SMILES string of the molecule is CC1=C(C)C=C2CC(=C1)C=NN2. The second kappa shape index (κ2) is 2.63. The average molecular weight is 160 g/mol. The third kappa shape index (κ3) is 1.20. The van der Waals surface area contributed by atoms with Crippen LogP contribution in [-0.4, -0.2) is 6.21 Å². The molecular weight excluding hydrogens is 148 g/mol. The smallest absolute Gasteiger partial charge is 0.0508 e. The lowest BCUT2D eigenvalue weighted by atomic mass is 10.1. The molecule has 0 spiro atoms. The van der Waals surface area contributed by atoms with Crippen LogP contribution in [0.1, 0.15) is 20.3 Å². The van der Waals surface area contributed by atoms with Gasteiger partial charge in [0, 0.05) is 12.1 Å². The maximum Gasteiger partial charge on any atom is 0.0508 e. The molecule has 2 heteroatoms. The van der Waals surface area contributed by atoms with Crippen molar-refractivity contribution in [2.75, 3.05) is 0 Å². The highest BCUT2D eigenvalue weighted by Crippen LogP contribution is 2.21. The lowest BCUT2D eigenvalue weighted by Crippen LogP contribution is -2.12. The Hall–Kier alpha value is -1.31. The summed E-state index contributed by atoms with van der Waals surface area (Å²) < 4.78 is 0. The number of fused-ring (bicyclic) bond motifs is 2. The number of nitrogens with one attached hydrogen (secondary N) is 1. The summed E-state index contributed by atoms with van der Waals surface area (Å²) in [6, 6.07) is 0. The fourth-order valence-electron chi connectivity index (χ4n) is 1.44. The van der Waals surface area contributed by atoms with Gasteiger partial charge in [0.1, 0.15) is 0 Å². The molecule has 0 fully saturated rings. The van der Waals surface area contributed by atoms with Crippen LogP contribution in [0.4, 0.5) is 0 Å². The van der Waals surface area contributed by atoms with Gasteiger partial charge in [0.2, 0.25) is 0 Å². The molecule has 1 heterocycles. The predicted molar refractivity (Wildman–Crippen MR) is 50.8 cm³/mol. The lowest BCUT2D eigenvalue weighted by Gasteiger charge is -2.10. The third-order valence-corrected chi connectivity index (χ3v) is 2.25. The quantitative estimate of drug-likeness (QED) is 0.576. The summed E-state index contributed by atoms with van der Waals surface area (Å²) >= 11 is 0. The summed E-state index contributed by atoms with van der Waals surface area (Å²) in [7, 11) is 0. The predicted octanol–water partition coefficient (Wildman–Crippen LogP) is 2.13. The van der Waals surface area contributed by atoms with Crippen LogP contribution in [0, 0.1) is 0 Å². The van der Waals surface area contributed by atoms with Crippen molar-refractivity contribution in [3.63, 3.8) is 0 Å². The van der Waals surface area contributed by atoms with Crippen molar-refractivity contribution in [1.82, 2.24) is 5.43 Å². The van der Waals surface area contributed by atoms with Crippen molar-refractivity contribution < 1.29 is 0 Å². The Balaban J connectivity index is 2.52. The molecule has 0 amide bonds. The molecule has 0 saturated carbocycles.